The summed E-state index contributed by atoms with van der Waals surface area (Å²) in [4.78, 5) is 12.3. The van der Waals surface area contributed by atoms with Gasteiger partial charge in [0.15, 0.2) is 0 Å². The Hall–Kier alpha value is -1.39. The fourth-order valence-corrected chi connectivity index (χ4v) is 3.23. The third kappa shape index (κ3) is 2.72. The topological polar surface area (TPSA) is 67.2 Å². The average molecular weight is 273 g/mol. The Morgan fingerprint density at radius 3 is 2.75 bits per heavy atom. The van der Waals surface area contributed by atoms with Gasteiger partial charge in [0.1, 0.15) is 0 Å². The Labute approximate surface area is 120 Å². The van der Waals surface area contributed by atoms with E-state index in [9.17, 15) is 4.79 Å². The smallest absolute Gasteiger partial charge is 0.240 e. The molecule has 0 unspecified atom stereocenters. The molecule has 0 bridgehead atoms. The van der Waals surface area contributed by atoms with Crippen LogP contribution >= 0.6 is 0 Å². The molecule has 1 aliphatic heterocycles. The third-order valence-electron chi connectivity index (χ3n) is 4.55. The minimum atomic E-state index is -0.642. The molecule has 0 atom stereocenters. The van der Waals surface area contributed by atoms with Crippen LogP contribution in [0.4, 0.5) is 0 Å². The van der Waals surface area contributed by atoms with E-state index in [1.807, 2.05) is 0 Å². The lowest BCUT2D eigenvalue weighted by atomic mass is 9.82. The van der Waals surface area contributed by atoms with E-state index in [1.165, 1.54) is 17.5 Å². The first-order valence-electron chi connectivity index (χ1n) is 7.56. The second-order valence-corrected chi connectivity index (χ2v) is 6.11. The number of fused-ring (bicyclic) bond motifs is 1. The van der Waals surface area contributed by atoms with Crippen molar-refractivity contribution in [1.82, 2.24) is 10.6 Å². The van der Waals surface area contributed by atoms with Gasteiger partial charge in [-0.1, -0.05) is 37.5 Å². The lowest BCUT2D eigenvalue weighted by Gasteiger charge is -2.31. The third-order valence-corrected chi connectivity index (χ3v) is 4.55. The van der Waals surface area contributed by atoms with Gasteiger partial charge < -0.3 is 16.4 Å². The van der Waals surface area contributed by atoms with Crippen LogP contribution in [0, 0.1) is 0 Å². The first kappa shape index (κ1) is 13.6. The normalized spacial score (nSPS) is 20.4. The van der Waals surface area contributed by atoms with Crippen molar-refractivity contribution < 1.29 is 4.79 Å². The minimum absolute atomic E-state index is 0.0100. The maximum absolute atomic E-state index is 12.3. The van der Waals surface area contributed by atoms with Crippen LogP contribution < -0.4 is 16.4 Å². The van der Waals surface area contributed by atoms with Gasteiger partial charge in [-0.05, 0) is 29.5 Å². The van der Waals surface area contributed by atoms with Crippen LogP contribution in [0.3, 0.4) is 0 Å². The highest BCUT2D eigenvalue weighted by atomic mass is 16.2. The van der Waals surface area contributed by atoms with Crippen molar-refractivity contribution in [2.75, 3.05) is 0 Å². The van der Waals surface area contributed by atoms with Crippen molar-refractivity contribution in [2.45, 2.75) is 57.3 Å². The lowest BCUT2D eigenvalue weighted by molar-refractivity contribution is -0.127. The Morgan fingerprint density at radius 2 is 1.95 bits per heavy atom. The van der Waals surface area contributed by atoms with Crippen molar-refractivity contribution >= 4 is 5.91 Å². The number of nitrogens with two attached hydrogens (primary N) is 1. The van der Waals surface area contributed by atoms with Gasteiger partial charge >= 0.3 is 0 Å². The molecule has 3 rings (SSSR count). The second kappa shape index (κ2) is 5.54. The predicted molar refractivity (Wildman–Crippen MR) is 78.8 cm³/mol. The first-order chi connectivity index (χ1) is 9.67. The summed E-state index contributed by atoms with van der Waals surface area (Å²) in [7, 11) is 0. The Bertz CT molecular complexity index is 506. The molecule has 2 aliphatic rings. The quantitative estimate of drug-likeness (QED) is 0.783. The SMILES string of the molecule is NC1(C(=O)NCc2ccc3c(c2)CNC3)CCCCC1. The highest BCUT2D eigenvalue weighted by Crippen LogP contribution is 2.26. The molecule has 1 saturated carbocycles. The Morgan fingerprint density at radius 1 is 1.20 bits per heavy atom. The van der Waals surface area contributed by atoms with E-state index in [4.69, 9.17) is 5.73 Å². The van der Waals surface area contributed by atoms with E-state index in [1.54, 1.807) is 0 Å². The van der Waals surface area contributed by atoms with Crippen LogP contribution in [0.25, 0.3) is 0 Å². The van der Waals surface area contributed by atoms with Gasteiger partial charge in [0.25, 0.3) is 0 Å². The lowest BCUT2D eigenvalue weighted by Crippen LogP contribution is -2.54. The van der Waals surface area contributed by atoms with E-state index in [-0.39, 0.29) is 5.91 Å². The number of rotatable bonds is 3. The van der Waals surface area contributed by atoms with E-state index in [2.05, 4.69) is 28.8 Å². The number of hydrogen-bond donors (Lipinski definition) is 3. The molecule has 0 spiro atoms. The molecule has 0 aromatic heterocycles. The van der Waals surface area contributed by atoms with Crippen LogP contribution in [-0.4, -0.2) is 11.4 Å². The molecular weight excluding hydrogens is 250 g/mol. The molecule has 1 amide bonds. The highest BCUT2D eigenvalue weighted by molar-refractivity contribution is 5.86. The zero-order chi connectivity index (χ0) is 14.0. The Balaban J connectivity index is 1.60. The average Bonchev–Trinajstić information content (AvgIpc) is 2.93. The number of carbonyl (C=O) groups excluding carboxylic acids is 1. The molecule has 0 saturated heterocycles. The summed E-state index contributed by atoms with van der Waals surface area (Å²) in [5.74, 6) is 0.0100. The van der Waals surface area contributed by atoms with E-state index in [0.717, 1.165) is 44.3 Å². The monoisotopic (exact) mass is 273 g/mol. The van der Waals surface area contributed by atoms with Crippen LogP contribution in [-0.2, 0) is 24.4 Å². The number of nitrogens with one attached hydrogen (secondary N) is 2. The molecule has 1 aromatic carbocycles. The molecule has 4 N–H and O–H groups in total. The molecule has 108 valence electrons. The second-order valence-electron chi connectivity index (χ2n) is 6.11. The molecular formula is C16H23N3O. The van der Waals surface area contributed by atoms with E-state index >= 15 is 0 Å². The zero-order valence-electron chi connectivity index (χ0n) is 11.9. The maximum Gasteiger partial charge on any atom is 0.240 e. The zero-order valence-corrected chi connectivity index (χ0v) is 11.9. The van der Waals surface area contributed by atoms with Crippen LogP contribution in [0.1, 0.15) is 48.8 Å². The van der Waals surface area contributed by atoms with Crippen LogP contribution in [0.5, 0.6) is 0 Å². The molecule has 1 aromatic rings. The summed E-state index contributed by atoms with van der Waals surface area (Å²) >= 11 is 0. The van der Waals surface area contributed by atoms with Gasteiger partial charge in [-0.3, -0.25) is 4.79 Å². The van der Waals surface area contributed by atoms with E-state index in [0.29, 0.717) is 6.54 Å². The summed E-state index contributed by atoms with van der Waals surface area (Å²) in [6.07, 6.45) is 4.95. The van der Waals surface area contributed by atoms with Gasteiger partial charge in [0.05, 0.1) is 5.54 Å². The van der Waals surface area contributed by atoms with Crippen molar-refractivity contribution in [3.8, 4) is 0 Å². The van der Waals surface area contributed by atoms with Gasteiger partial charge in [0, 0.05) is 19.6 Å². The predicted octanol–water partition coefficient (Wildman–Crippen LogP) is 1.57. The Kier molecular flexibility index (Phi) is 3.76. The molecule has 1 aliphatic carbocycles. The van der Waals surface area contributed by atoms with Gasteiger partial charge in [-0.15, -0.1) is 0 Å². The summed E-state index contributed by atoms with van der Waals surface area (Å²) in [5, 5.41) is 6.35. The van der Waals surface area contributed by atoms with Crippen molar-refractivity contribution in [1.29, 1.82) is 0 Å². The number of carbonyl (C=O) groups is 1. The number of amides is 1. The summed E-state index contributed by atoms with van der Waals surface area (Å²) in [6, 6.07) is 6.42. The first-order valence-corrected chi connectivity index (χ1v) is 7.56. The minimum Gasteiger partial charge on any atom is -0.350 e. The van der Waals surface area contributed by atoms with Crippen molar-refractivity contribution in [3.63, 3.8) is 0 Å². The number of benzene rings is 1. The molecule has 4 heteroatoms. The molecule has 0 radical (unpaired) electrons. The summed E-state index contributed by atoms with van der Waals surface area (Å²) in [5.41, 5.74) is 9.45. The fraction of sp³-hybridized carbons (Fsp3) is 0.562. The van der Waals surface area contributed by atoms with E-state index < -0.39 is 5.54 Å². The van der Waals surface area contributed by atoms with Gasteiger partial charge in [-0.2, -0.15) is 0 Å². The molecule has 20 heavy (non-hydrogen) atoms. The largest absolute Gasteiger partial charge is 0.350 e. The summed E-state index contributed by atoms with van der Waals surface area (Å²) in [6.45, 7) is 2.46. The maximum atomic E-state index is 12.3. The standard InChI is InChI=1S/C16H23N3O/c17-16(6-2-1-3-7-16)15(20)19-9-12-4-5-13-10-18-11-14(13)8-12/h4-5,8,18H,1-3,6-7,9-11,17H2,(H,19,20). The fourth-order valence-electron chi connectivity index (χ4n) is 3.23. The number of hydrogen-bond acceptors (Lipinski definition) is 3. The van der Waals surface area contributed by atoms with Gasteiger partial charge in [-0.25, -0.2) is 0 Å². The highest BCUT2D eigenvalue weighted by Gasteiger charge is 2.34. The molecule has 4 nitrogen and oxygen atoms in total. The van der Waals surface area contributed by atoms with Crippen molar-refractivity contribution in [2.24, 2.45) is 5.73 Å². The molecule has 1 heterocycles. The molecule has 1 fully saturated rings. The summed E-state index contributed by atoms with van der Waals surface area (Å²) < 4.78 is 0. The van der Waals surface area contributed by atoms with Gasteiger partial charge in [0.2, 0.25) is 5.91 Å². The van der Waals surface area contributed by atoms with Crippen LogP contribution in [0.2, 0.25) is 0 Å². The van der Waals surface area contributed by atoms with Crippen LogP contribution in [0.15, 0.2) is 18.2 Å². The van der Waals surface area contributed by atoms with Crippen molar-refractivity contribution in [3.05, 3.63) is 34.9 Å².